The lowest BCUT2D eigenvalue weighted by molar-refractivity contribution is 0.0695. The van der Waals surface area contributed by atoms with E-state index in [0.29, 0.717) is 12.2 Å². The van der Waals surface area contributed by atoms with Crippen LogP contribution in [0.5, 0.6) is 0 Å². The van der Waals surface area contributed by atoms with Gasteiger partial charge in [0.2, 0.25) is 0 Å². The standard InChI is InChI=1S/C15H19N3O2/c1-10-4-6-12(7-5-10)11(2)16-9-14-13(15(19)20)8-17-18(14)3/h4-8,11,16H,9H2,1-3H3,(H,19,20)/t11-/m0/s1. The van der Waals surface area contributed by atoms with Crippen molar-refractivity contribution in [2.24, 2.45) is 7.05 Å². The fourth-order valence-corrected chi connectivity index (χ4v) is 2.07. The van der Waals surface area contributed by atoms with Crippen LogP contribution in [0.25, 0.3) is 0 Å². The third kappa shape index (κ3) is 3.05. The Labute approximate surface area is 118 Å². The average Bonchev–Trinajstić information content (AvgIpc) is 2.78. The molecule has 2 rings (SSSR count). The number of nitrogens with zero attached hydrogens (tertiary/aromatic N) is 2. The van der Waals surface area contributed by atoms with Crippen molar-refractivity contribution in [3.05, 3.63) is 52.8 Å². The minimum absolute atomic E-state index is 0.146. The zero-order chi connectivity index (χ0) is 14.7. The summed E-state index contributed by atoms with van der Waals surface area (Å²) in [6.45, 7) is 4.57. The number of aryl methyl sites for hydroxylation is 2. The van der Waals surface area contributed by atoms with Crippen LogP contribution in [0.4, 0.5) is 0 Å². The van der Waals surface area contributed by atoms with E-state index in [4.69, 9.17) is 5.11 Å². The minimum atomic E-state index is -0.946. The number of hydrogen-bond acceptors (Lipinski definition) is 3. The zero-order valence-electron chi connectivity index (χ0n) is 11.9. The van der Waals surface area contributed by atoms with Gasteiger partial charge in [-0.1, -0.05) is 29.8 Å². The van der Waals surface area contributed by atoms with Crippen LogP contribution in [-0.2, 0) is 13.6 Å². The smallest absolute Gasteiger partial charge is 0.339 e. The van der Waals surface area contributed by atoms with Crippen LogP contribution in [0.1, 0.15) is 40.1 Å². The molecule has 0 bridgehead atoms. The van der Waals surface area contributed by atoms with Gasteiger partial charge in [-0.2, -0.15) is 5.10 Å². The number of hydrogen-bond donors (Lipinski definition) is 2. The van der Waals surface area contributed by atoms with Crippen molar-refractivity contribution < 1.29 is 9.90 Å². The lowest BCUT2D eigenvalue weighted by Gasteiger charge is -2.15. The van der Waals surface area contributed by atoms with Gasteiger partial charge in [0.15, 0.2) is 0 Å². The van der Waals surface area contributed by atoms with E-state index in [0.717, 1.165) is 0 Å². The van der Waals surface area contributed by atoms with Crippen molar-refractivity contribution in [1.29, 1.82) is 0 Å². The Bertz CT molecular complexity index is 602. The monoisotopic (exact) mass is 273 g/mol. The van der Waals surface area contributed by atoms with Crippen LogP contribution < -0.4 is 5.32 Å². The van der Waals surface area contributed by atoms with Gasteiger partial charge in [0.25, 0.3) is 0 Å². The summed E-state index contributed by atoms with van der Waals surface area (Å²) in [5.41, 5.74) is 3.32. The van der Waals surface area contributed by atoms with Gasteiger partial charge in [-0.05, 0) is 19.4 Å². The van der Waals surface area contributed by atoms with Crippen LogP contribution in [-0.4, -0.2) is 20.9 Å². The molecule has 0 aliphatic heterocycles. The molecule has 1 aromatic heterocycles. The molecule has 5 nitrogen and oxygen atoms in total. The lowest BCUT2D eigenvalue weighted by atomic mass is 10.1. The largest absolute Gasteiger partial charge is 0.478 e. The normalized spacial score (nSPS) is 12.3. The molecule has 0 radical (unpaired) electrons. The van der Waals surface area contributed by atoms with Gasteiger partial charge in [-0.15, -0.1) is 0 Å². The van der Waals surface area contributed by atoms with Gasteiger partial charge in [0.05, 0.1) is 11.9 Å². The van der Waals surface area contributed by atoms with Crippen LogP contribution in [0.3, 0.4) is 0 Å². The molecule has 2 N–H and O–H groups in total. The molecule has 0 spiro atoms. The van der Waals surface area contributed by atoms with Gasteiger partial charge in [-0.3, -0.25) is 4.68 Å². The Morgan fingerprint density at radius 1 is 1.40 bits per heavy atom. The second-order valence-corrected chi connectivity index (χ2v) is 4.95. The molecule has 106 valence electrons. The molecule has 1 heterocycles. The number of nitrogens with one attached hydrogen (secondary N) is 1. The Balaban J connectivity index is 2.07. The van der Waals surface area contributed by atoms with Crippen LogP contribution >= 0.6 is 0 Å². The van der Waals surface area contributed by atoms with Crippen LogP contribution in [0.2, 0.25) is 0 Å². The summed E-state index contributed by atoms with van der Waals surface area (Å²) in [5, 5.41) is 16.4. The fraction of sp³-hybridized carbons (Fsp3) is 0.333. The molecule has 0 aliphatic rings. The first-order valence-electron chi connectivity index (χ1n) is 6.53. The second kappa shape index (κ2) is 5.88. The third-order valence-electron chi connectivity index (χ3n) is 3.45. The van der Waals surface area contributed by atoms with Crippen LogP contribution in [0.15, 0.2) is 30.5 Å². The molecule has 0 saturated heterocycles. The first kappa shape index (κ1) is 14.3. The number of aromatic nitrogens is 2. The van der Waals surface area contributed by atoms with Gasteiger partial charge < -0.3 is 10.4 Å². The summed E-state index contributed by atoms with van der Waals surface area (Å²) in [7, 11) is 1.75. The van der Waals surface area contributed by atoms with Crippen molar-refractivity contribution in [3.8, 4) is 0 Å². The Hall–Kier alpha value is -2.14. The van der Waals surface area contributed by atoms with Crippen molar-refractivity contribution in [2.45, 2.75) is 26.4 Å². The van der Waals surface area contributed by atoms with E-state index in [1.807, 2.05) is 0 Å². The topological polar surface area (TPSA) is 67.2 Å². The van der Waals surface area contributed by atoms with E-state index in [1.165, 1.54) is 17.3 Å². The highest BCUT2D eigenvalue weighted by molar-refractivity contribution is 5.88. The Morgan fingerprint density at radius 2 is 2.05 bits per heavy atom. The minimum Gasteiger partial charge on any atom is -0.478 e. The molecular formula is C15H19N3O2. The highest BCUT2D eigenvalue weighted by Gasteiger charge is 2.15. The summed E-state index contributed by atoms with van der Waals surface area (Å²) < 4.78 is 1.60. The molecule has 1 atom stereocenters. The predicted molar refractivity (Wildman–Crippen MR) is 76.6 cm³/mol. The summed E-state index contributed by atoms with van der Waals surface area (Å²) in [4.78, 5) is 11.1. The highest BCUT2D eigenvalue weighted by atomic mass is 16.4. The summed E-state index contributed by atoms with van der Waals surface area (Å²) >= 11 is 0. The van der Waals surface area contributed by atoms with E-state index in [-0.39, 0.29) is 11.6 Å². The molecule has 0 amide bonds. The van der Waals surface area contributed by atoms with Crippen molar-refractivity contribution in [2.75, 3.05) is 0 Å². The fourth-order valence-electron chi connectivity index (χ4n) is 2.07. The van der Waals surface area contributed by atoms with E-state index >= 15 is 0 Å². The number of carbonyl (C=O) groups is 1. The SMILES string of the molecule is Cc1ccc([C@H](C)NCc2c(C(=O)O)cnn2C)cc1. The molecule has 2 aromatic rings. The quantitative estimate of drug-likeness (QED) is 0.877. The van der Waals surface area contributed by atoms with Gasteiger partial charge in [-0.25, -0.2) is 4.79 Å². The van der Waals surface area contributed by atoms with Gasteiger partial charge >= 0.3 is 5.97 Å². The molecule has 0 saturated carbocycles. The van der Waals surface area contributed by atoms with Crippen molar-refractivity contribution in [1.82, 2.24) is 15.1 Å². The van der Waals surface area contributed by atoms with Gasteiger partial charge in [0, 0.05) is 19.6 Å². The maximum atomic E-state index is 11.1. The first-order valence-corrected chi connectivity index (χ1v) is 6.53. The first-order chi connectivity index (χ1) is 9.49. The average molecular weight is 273 g/mol. The molecular weight excluding hydrogens is 254 g/mol. The highest BCUT2D eigenvalue weighted by Crippen LogP contribution is 2.15. The number of benzene rings is 1. The maximum absolute atomic E-state index is 11.1. The number of carboxylic acid groups (broad SMARTS) is 1. The van der Waals surface area contributed by atoms with Gasteiger partial charge in [0.1, 0.15) is 5.56 Å². The summed E-state index contributed by atoms with van der Waals surface area (Å²) in [6.07, 6.45) is 1.38. The van der Waals surface area contributed by atoms with E-state index in [1.54, 1.807) is 11.7 Å². The molecule has 0 aliphatic carbocycles. The van der Waals surface area contributed by atoms with E-state index in [9.17, 15) is 4.79 Å². The van der Waals surface area contributed by atoms with Crippen LogP contribution in [0, 0.1) is 6.92 Å². The molecule has 0 fully saturated rings. The molecule has 5 heteroatoms. The summed E-state index contributed by atoms with van der Waals surface area (Å²) in [5.74, 6) is -0.946. The van der Waals surface area contributed by atoms with E-state index in [2.05, 4.69) is 48.5 Å². The number of aromatic carboxylic acids is 1. The summed E-state index contributed by atoms with van der Waals surface area (Å²) in [6, 6.07) is 8.44. The van der Waals surface area contributed by atoms with Crippen molar-refractivity contribution >= 4 is 5.97 Å². The predicted octanol–water partition coefficient (Wildman–Crippen LogP) is 2.28. The maximum Gasteiger partial charge on any atom is 0.339 e. The number of carboxylic acids is 1. The molecule has 20 heavy (non-hydrogen) atoms. The Morgan fingerprint density at radius 3 is 2.65 bits per heavy atom. The van der Waals surface area contributed by atoms with E-state index < -0.39 is 5.97 Å². The zero-order valence-corrected chi connectivity index (χ0v) is 11.9. The third-order valence-corrected chi connectivity index (χ3v) is 3.45. The van der Waals surface area contributed by atoms with Crippen molar-refractivity contribution in [3.63, 3.8) is 0 Å². The second-order valence-electron chi connectivity index (χ2n) is 4.95. The molecule has 1 aromatic carbocycles. The lowest BCUT2D eigenvalue weighted by Crippen LogP contribution is -2.21. The molecule has 0 unspecified atom stereocenters. The number of rotatable bonds is 5. The Kier molecular flexibility index (Phi) is 4.20.